The van der Waals surface area contributed by atoms with E-state index < -0.39 is 23.6 Å². The summed E-state index contributed by atoms with van der Waals surface area (Å²) in [5, 5.41) is 0.392. The van der Waals surface area contributed by atoms with Gasteiger partial charge in [-0.3, -0.25) is 9.59 Å². The first-order valence-corrected chi connectivity index (χ1v) is 6.30. The van der Waals surface area contributed by atoms with Gasteiger partial charge in [0.05, 0.1) is 12.1 Å². The number of benzene rings is 1. The molecule has 0 unspecified atom stereocenters. The fourth-order valence-corrected chi connectivity index (χ4v) is 1.84. The van der Waals surface area contributed by atoms with Crippen molar-refractivity contribution in [2.24, 2.45) is 16.5 Å². The van der Waals surface area contributed by atoms with Gasteiger partial charge in [0, 0.05) is 12.8 Å². The molecule has 1 heterocycles. The van der Waals surface area contributed by atoms with E-state index in [1.54, 1.807) is 0 Å². The average molecular weight is 307 g/mol. The highest BCUT2D eigenvalue weighted by atomic mass is 18.2. The molecule has 0 radical (unpaired) electrons. The molecule has 0 aromatic heterocycles. The third kappa shape index (κ3) is 3.57. The molecule has 2 rings (SSSR count). The molecule has 0 bridgehead atoms. The fraction of sp³-hybridized carbons (Fsp3) is 0.231. The summed E-state index contributed by atoms with van der Waals surface area (Å²) in [6.07, 6.45) is -0.0456. The number of rotatable bonds is 4. The van der Waals surface area contributed by atoms with E-state index in [4.69, 9.17) is 16.3 Å². The van der Waals surface area contributed by atoms with E-state index in [-0.39, 0.29) is 30.9 Å². The molecule has 1 aliphatic rings. The smallest absolute Gasteiger partial charge is 0.364 e. The first kappa shape index (κ1) is 15.4. The van der Waals surface area contributed by atoms with Gasteiger partial charge in [0.25, 0.3) is 11.8 Å². The van der Waals surface area contributed by atoms with E-state index in [1.807, 2.05) is 0 Å². The van der Waals surface area contributed by atoms with E-state index >= 15 is 0 Å². The third-order valence-electron chi connectivity index (χ3n) is 2.82. The zero-order chi connectivity index (χ0) is 16.3. The molecule has 8 nitrogen and oxygen atoms in total. The van der Waals surface area contributed by atoms with E-state index in [1.165, 1.54) is 6.07 Å². The maximum absolute atomic E-state index is 13.5. The van der Waals surface area contributed by atoms with E-state index in [0.717, 1.165) is 12.1 Å². The summed E-state index contributed by atoms with van der Waals surface area (Å²) < 4.78 is 13.5. The molecule has 1 saturated heterocycles. The van der Waals surface area contributed by atoms with Crippen LogP contribution in [0.25, 0.3) is 0 Å². The minimum Gasteiger partial charge on any atom is -0.370 e. The van der Waals surface area contributed by atoms with Gasteiger partial charge in [0.2, 0.25) is 0 Å². The van der Waals surface area contributed by atoms with Crippen LogP contribution >= 0.6 is 0 Å². The number of hydrogen-bond acceptors (Lipinski definition) is 5. The van der Waals surface area contributed by atoms with Crippen molar-refractivity contribution in [1.29, 1.82) is 0 Å². The minimum atomic E-state index is -1.02. The lowest BCUT2D eigenvalue weighted by molar-refractivity contribution is -0.172. The van der Waals surface area contributed by atoms with Crippen LogP contribution in [-0.4, -0.2) is 28.8 Å². The number of nitrogens with zero attached hydrogens (tertiary/aromatic N) is 2. The summed E-state index contributed by atoms with van der Waals surface area (Å²) in [5.41, 5.74) is 10.5. The standard InChI is InChI=1S/C13H13FN4O4/c14-9-4-7(6-17-13(15)16)3-8(5-9)12(21)22-18-10(19)1-2-11(18)20/h3-5H,1-2,6H2,(H4,15,16,17)/i14-1. The van der Waals surface area contributed by atoms with Crippen LogP contribution in [0.4, 0.5) is 4.39 Å². The fourth-order valence-electron chi connectivity index (χ4n) is 1.84. The van der Waals surface area contributed by atoms with Crippen molar-refractivity contribution < 1.29 is 23.6 Å². The van der Waals surface area contributed by atoms with Gasteiger partial charge in [-0.1, -0.05) is 0 Å². The molecule has 2 amide bonds. The highest BCUT2D eigenvalue weighted by molar-refractivity contribution is 6.02. The van der Waals surface area contributed by atoms with E-state index in [2.05, 4.69) is 4.99 Å². The zero-order valence-electron chi connectivity index (χ0n) is 11.4. The Morgan fingerprint density at radius 2 is 1.86 bits per heavy atom. The molecule has 1 aromatic rings. The number of guanidine groups is 1. The number of amides is 2. The van der Waals surface area contributed by atoms with Gasteiger partial charge in [0.15, 0.2) is 5.96 Å². The maximum atomic E-state index is 13.5. The summed E-state index contributed by atoms with van der Waals surface area (Å²) in [5.74, 6) is -3.13. The largest absolute Gasteiger partial charge is 0.370 e. The van der Waals surface area contributed by atoms with Crippen LogP contribution in [0.2, 0.25) is 0 Å². The number of hydrogen-bond donors (Lipinski definition) is 2. The number of imide groups is 1. The lowest BCUT2D eigenvalue weighted by Crippen LogP contribution is -2.32. The quantitative estimate of drug-likeness (QED) is 0.451. The summed E-state index contributed by atoms with van der Waals surface area (Å²) in [4.78, 5) is 43.1. The Morgan fingerprint density at radius 1 is 1.23 bits per heavy atom. The number of carbonyl (C=O) groups excluding carboxylic acids is 3. The van der Waals surface area contributed by atoms with Crippen molar-refractivity contribution in [3.05, 3.63) is 35.1 Å². The van der Waals surface area contributed by atoms with Crippen LogP contribution in [0.5, 0.6) is 0 Å². The first-order chi connectivity index (χ1) is 10.4. The lowest BCUT2D eigenvalue weighted by atomic mass is 10.1. The van der Waals surface area contributed by atoms with Crippen LogP contribution in [0.1, 0.15) is 28.8 Å². The second-order valence-electron chi connectivity index (χ2n) is 4.55. The van der Waals surface area contributed by atoms with Crippen molar-refractivity contribution in [1.82, 2.24) is 5.06 Å². The second-order valence-corrected chi connectivity index (χ2v) is 4.55. The molecule has 1 aliphatic heterocycles. The predicted octanol–water partition coefficient (Wildman–Crippen LogP) is -0.180. The van der Waals surface area contributed by atoms with Gasteiger partial charge >= 0.3 is 5.97 Å². The molecule has 1 aromatic carbocycles. The molecule has 0 aliphatic carbocycles. The molecule has 0 atom stereocenters. The molecule has 0 spiro atoms. The van der Waals surface area contributed by atoms with Crippen LogP contribution in [0.15, 0.2) is 23.2 Å². The molecule has 1 fully saturated rings. The van der Waals surface area contributed by atoms with Crippen molar-refractivity contribution in [2.75, 3.05) is 0 Å². The Balaban J connectivity index is 2.17. The second kappa shape index (κ2) is 6.20. The average Bonchev–Trinajstić information content (AvgIpc) is 2.76. The Labute approximate surface area is 124 Å². The summed E-state index contributed by atoms with van der Waals surface area (Å²) >= 11 is 0. The van der Waals surface area contributed by atoms with Gasteiger partial charge in [-0.25, -0.2) is 14.2 Å². The van der Waals surface area contributed by atoms with Gasteiger partial charge in [0.1, 0.15) is 5.82 Å². The lowest BCUT2D eigenvalue weighted by Gasteiger charge is -2.13. The van der Waals surface area contributed by atoms with Gasteiger partial charge in [-0.15, -0.1) is 5.06 Å². The minimum absolute atomic E-state index is 0.0228. The van der Waals surface area contributed by atoms with Crippen molar-refractivity contribution in [3.63, 3.8) is 0 Å². The summed E-state index contributed by atoms with van der Waals surface area (Å²) in [6.45, 7) is -0.0258. The van der Waals surface area contributed by atoms with Crippen LogP contribution in [0, 0.1) is 5.82 Å². The molecule has 4 N–H and O–H groups in total. The summed E-state index contributed by atoms with van der Waals surface area (Å²) in [6, 6.07) is 3.38. The Morgan fingerprint density at radius 3 is 2.45 bits per heavy atom. The van der Waals surface area contributed by atoms with Gasteiger partial charge in [-0.05, 0) is 23.8 Å². The molecule has 22 heavy (non-hydrogen) atoms. The third-order valence-corrected chi connectivity index (χ3v) is 2.82. The van der Waals surface area contributed by atoms with Crippen molar-refractivity contribution in [3.8, 4) is 0 Å². The Kier molecular flexibility index (Phi) is 4.35. The van der Waals surface area contributed by atoms with Crippen molar-refractivity contribution >= 4 is 23.7 Å². The molecule has 9 heteroatoms. The first-order valence-electron chi connectivity index (χ1n) is 6.30. The maximum Gasteiger partial charge on any atom is 0.364 e. The van der Waals surface area contributed by atoms with E-state index in [0.29, 0.717) is 10.6 Å². The van der Waals surface area contributed by atoms with Crippen LogP contribution < -0.4 is 11.5 Å². The molecular weight excluding hydrogens is 294 g/mol. The molecule has 0 saturated carbocycles. The predicted molar refractivity (Wildman–Crippen MR) is 72.4 cm³/mol. The number of carbonyl (C=O) groups is 3. The Bertz CT molecular complexity index is 654. The zero-order valence-corrected chi connectivity index (χ0v) is 11.4. The van der Waals surface area contributed by atoms with Crippen LogP contribution in [0.3, 0.4) is 0 Å². The Hall–Kier alpha value is -2.97. The number of hydroxylamine groups is 2. The van der Waals surface area contributed by atoms with Crippen LogP contribution in [-0.2, 0) is 21.0 Å². The van der Waals surface area contributed by atoms with Gasteiger partial charge in [-0.2, -0.15) is 0 Å². The number of aliphatic imine (C=N–C) groups is 1. The normalized spacial score (nSPS) is 14.1. The van der Waals surface area contributed by atoms with Crippen molar-refractivity contribution in [2.45, 2.75) is 19.4 Å². The monoisotopic (exact) mass is 307 g/mol. The van der Waals surface area contributed by atoms with Gasteiger partial charge < -0.3 is 16.3 Å². The highest BCUT2D eigenvalue weighted by Gasteiger charge is 2.33. The number of halogens is 1. The van der Waals surface area contributed by atoms with E-state index in [9.17, 15) is 18.8 Å². The topological polar surface area (TPSA) is 128 Å². The molecular formula is C13H13FN4O4. The molecule has 116 valence electrons. The highest BCUT2D eigenvalue weighted by Crippen LogP contribution is 2.16. The summed E-state index contributed by atoms with van der Waals surface area (Å²) in [7, 11) is 0. The number of nitrogens with two attached hydrogens (primary N) is 2. The SMILES string of the molecule is NC(N)=NCc1cc([18F])cc(C(=O)ON2C(=O)CCC2=O)c1.